The average molecular weight is 736 g/mol. The van der Waals surface area contributed by atoms with Crippen molar-refractivity contribution in [1.29, 1.82) is 0 Å². The molecular formula is C40H50ClN3O6S. The zero-order chi connectivity index (χ0) is 36.0. The second-order valence-electron chi connectivity index (χ2n) is 15.3. The maximum atomic E-state index is 13.6. The van der Waals surface area contributed by atoms with Crippen LogP contribution in [0.2, 0.25) is 5.02 Å². The molecule has 0 amide bonds. The predicted molar refractivity (Wildman–Crippen MR) is 199 cm³/mol. The van der Waals surface area contributed by atoms with Crippen molar-refractivity contribution in [3.63, 3.8) is 0 Å². The summed E-state index contributed by atoms with van der Waals surface area (Å²) in [6.45, 7) is 5.45. The van der Waals surface area contributed by atoms with Crippen LogP contribution in [0.15, 0.2) is 72.9 Å². The van der Waals surface area contributed by atoms with E-state index >= 15 is 0 Å². The summed E-state index contributed by atoms with van der Waals surface area (Å²) in [5.74, 6) is 0.747. The van der Waals surface area contributed by atoms with Crippen LogP contribution in [0, 0.1) is 17.8 Å². The van der Waals surface area contributed by atoms with Gasteiger partial charge < -0.3 is 24.6 Å². The smallest absolute Gasteiger partial charge is 0.216 e. The van der Waals surface area contributed by atoms with Crippen LogP contribution in [0.3, 0.4) is 0 Å². The van der Waals surface area contributed by atoms with Crippen LogP contribution in [-0.2, 0) is 26.6 Å². The number of nitrogens with zero attached hydrogens (tertiary/aromatic N) is 2. The molecular weight excluding hydrogens is 686 g/mol. The quantitative estimate of drug-likeness (QED) is 0.255. The molecule has 2 aliphatic carbocycles. The minimum Gasteiger partial charge on any atom is -0.490 e. The van der Waals surface area contributed by atoms with Gasteiger partial charge in [0, 0.05) is 43.3 Å². The molecule has 2 aliphatic heterocycles. The minimum absolute atomic E-state index is 0.0814. The Morgan fingerprint density at radius 1 is 1.16 bits per heavy atom. The monoisotopic (exact) mass is 735 g/mol. The molecule has 3 heterocycles. The molecule has 3 N–H and O–H groups in total. The van der Waals surface area contributed by atoms with Crippen molar-refractivity contribution in [2.75, 3.05) is 31.7 Å². The number of hydrogen-bond donors (Lipinski definition) is 3. The molecule has 1 spiro atoms. The van der Waals surface area contributed by atoms with E-state index in [1.807, 2.05) is 49.4 Å². The van der Waals surface area contributed by atoms with Gasteiger partial charge in [0.15, 0.2) is 0 Å². The normalized spacial score (nSPS) is 33.1. The maximum absolute atomic E-state index is 13.6. The SMILES string of the molecule is CO[C@@]1(C[C@H](O)c2ccccn2)/C=C/C[C@H](C)[C@@H](C)S(=O)(=O)NC(O)c2ccc3c(c2)N(C[C@@H]2CC[C@H]21)C[C@@]1(CCCc2cc(Cl)ccc21)CO3. The maximum Gasteiger partial charge on any atom is 0.216 e. The van der Waals surface area contributed by atoms with Crippen molar-refractivity contribution >= 4 is 27.3 Å². The summed E-state index contributed by atoms with van der Waals surface area (Å²) in [6.07, 6.45) is 9.14. The molecule has 1 aromatic heterocycles. The first kappa shape index (κ1) is 36.4. The fourth-order valence-corrected chi connectivity index (χ4v) is 10.5. The van der Waals surface area contributed by atoms with E-state index in [2.05, 4.69) is 32.8 Å². The van der Waals surface area contributed by atoms with Gasteiger partial charge in [-0.25, -0.2) is 8.42 Å². The highest BCUT2D eigenvalue weighted by Crippen LogP contribution is 2.51. The number of allylic oxidation sites excluding steroid dienone is 1. The fourth-order valence-electron chi connectivity index (χ4n) is 8.95. The lowest BCUT2D eigenvalue weighted by atomic mass is 9.62. The fraction of sp³-hybridized carbons (Fsp3) is 0.525. The number of aryl methyl sites for hydroxylation is 1. The van der Waals surface area contributed by atoms with Crippen molar-refractivity contribution in [3.8, 4) is 5.75 Å². The van der Waals surface area contributed by atoms with Gasteiger partial charge >= 0.3 is 0 Å². The molecule has 1 fully saturated rings. The van der Waals surface area contributed by atoms with E-state index in [1.165, 1.54) is 11.1 Å². The Bertz CT molecular complexity index is 1860. The zero-order valence-electron chi connectivity index (χ0n) is 29.7. The molecule has 1 saturated carbocycles. The van der Waals surface area contributed by atoms with Crippen LogP contribution in [0.5, 0.6) is 5.75 Å². The number of aromatic nitrogens is 1. The van der Waals surface area contributed by atoms with Gasteiger partial charge in [0.1, 0.15) is 12.0 Å². The van der Waals surface area contributed by atoms with Gasteiger partial charge in [-0.1, -0.05) is 48.9 Å². The number of sulfonamides is 1. The van der Waals surface area contributed by atoms with E-state index in [9.17, 15) is 18.6 Å². The average Bonchev–Trinajstić information content (AvgIpc) is 3.25. The molecule has 1 unspecified atom stereocenters. The first-order valence-corrected chi connectivity index (χ1v) is 20.2. The molecule has 51 heavy (non-hydrogen) atoms. The summed E-state index contributed by atoms with van der Waals surface area (Å²) >= 11 is 6.48. The molecule has 274 valence electrons. The van der Waals surface area contributed by atoms with Crippen LogP contribution in [0.1, 0.15) is 87.1 Å². The number of halogens is 1. The zero-order valence-corrected chi connectivity index (χ0v) is 31.2. The van der Waals surface area contributed by atoms with E-state index in [4.69, 9.17) is 21.1 Å². The second kappa shape index (κ2) is 14.4. The lowest BCUT2D eigenvalue weighted by Crippen LogP contribution is -2.53. The van der Waals surface area contributed by atoms with E-state index in [0.29, 0.717) is 49.5 Å². The Hall–Kier alpha value is -2.99. The Kier molecular flexibility index (Phi) is 10.3. The van der Waals surface area contributed by atoms with Crippen molar-refractivity contribution in [3.05, 3.63) is 100 Å². The summed E-state index contributed by atoms with van der Waals surface area (Å²) in [5, 5.41) is 22.8. The third kappa shape index (κ3) is 7.08. The molecule has 4 aliphatic rings. The van der Waals surface area contributed by atoms with Gasteiger partial charge in [0.25, 0.3) is 0 Å². The number of anilines is 1. The van der Waals surface area contributed by atoms with Crippen LogP contribution >= 0.6 is 11.6 Å². The number of ether oxygens (including phenoxy) is 2. The van der Waals surface area contributed by atoms with Crippen molar-refractivity contribution in [2.45, 2.75) is 87.4 Å². The predicted octanol–water partition coefficient (Wildman–Crippen LogP) is 6.64. The lowest BCUT2D eigenvalue weighted by Gasteiger charge is -2.51. The molecule has 3 aromatic rings. The Morgan fingerprint density at radius 3 is 2.75 bits per heavy atom. The first-order chi connectivity index (χ1) is 24.4. The van der Waals surface area contributed by atoms with Gasteiger partial charge in [0.2, 0.25) is 10.0 Å². The summed E-state index contributed by atoms with van der Waals surface area (Å²) in [6, 6.07) is 17.2. The number of benzene rings is 2. The second-order valence-corrected chi connectivity index (χ2v) is 17.8. The Labute approximate surface area is 307 Å². The van der Waals surface area contributed by atoms with Gasteiger partial charge in [-0.3, -0.25) is 4.98 Å². The number of rotatable bonds is 4. The molecule has 2 aromatic carbocycles. The third-order valence-corrected chi connectivity index (χ3v) is 14.5. The summed E-state index contributed by atoms with van der Waals surface area (Å²) in [4.78, 5) is 6.84. The third-order valence-electron chi connectivity index (χ3n) is 12.3. The highest BCUT2D eigenvalue weighted by Gasteiger charge is 2.50. The molecule has 9 nitrogen and oxygen atoms in total. The number of hydrogen-bond acceptors (Lipinski definition) is 8. The van der Waals surface area contributed by atoms with E-state index < -0.39 is 33.2 Å². The van der Waals surface area contributed by atoms with E-state index in [-0.39, 0.29) is 23.2 Å². The van der Waals surface area contributed by atoms with Crippen molar-refractivity contribution in [1.82, 2.24) is 9.71 Å². The number of methoxy groups -OCH3 is 1. The number of aliphatic hydroxyl groups excluding tert-OH is 2. The van der Waals surface area contributed by atoms with Crippen LogP contribution in [0.25, 0.3) is 0 Å². The summed E-state index contributed by atoms with van der Waals surface area (Å²) < 4.78 is 42.9. The first-order valence-electron chi connectivity index (χ1n) is 18.3. The minimum atomic E-state index is -3.90. The summed E-state index contributed by atoms with van der Waals surface area (Å²) in [7, 11) is -2.19. The number of pyridine rings is 1. The number of fused-ring (bicyclic) bond motifs is 4. The van der Waals surface area contributed by atoms with Crippen molar-refractivity contribution in [2.24, 2.45) is 17.8 Å². The Balaban J connectivity index is 1.32. The lowest BCUT2D eigenvalue weighted by molar-refractivity contribution is -0.0992. The molecule has 0 radical (unpaired) electrons. The van der Waals surface area contributed by atoms with E-state index in [1.54, 1.807) is 26.3 Å². The van der Waals surface area contributed by atoms with Crippen LogP contribution in [-0.4, -0.2) is 61.3 Å². The molecule has 7 rings (SSSR count). The van der Waals surface area contributed by atoms with Crippen LogP contribution in [0.4, 0.5) is 5.69 Å². The molecule has 8 atom stereocenters. The summed E-state index contributed by atoms with van der Waals surface area (Å²) in [5.41, 5.74) is 3.27. The number of nitrogens with one attached hydrogen (secondary N) is 1. The highest BCUT2D eigenvalue weighted by molar-refractivity contribution is 7.90. The molecule has 0 saturated heterocycles. The largest absolute Gasteiger partial charge is 0.490 e. The van der Waals surface area contributed by atoms with Crippen LogP contribution < -0.4 is 14.4 Å². The molecule has 11 heteroatoms. The van der Waals surface area contributed by atoms with Crippen molar-refractivity contribution < 1.29 is 28.1 Å². The van der Waals surface area contributed by atoms with Gasteiger partial charge in [-0.05, 0) is 116 Å². The topological polar surface area (TPSA) is 121 Å². The van der Waals surface area contributed by atoms with Gasteiger partial charge in [-0.15, -0.1) is 0 Å². The van der Waals surface area contributed by atoms with E-state index in [0.717, 1.165) is 42.8 Å². The number of aliphatic hydroxyl groups is 2. The Morgan fingerprint density at radius 2 is 2.00 bits per heavy atom. The standard InChI is InChI=1S/C40H50ClN3O6S/c1-26-8-6-18-40(49-3,22-36(45)34-10-4-5-19-42-34)33-14-11-30(33)23-44-24-39(17-7-9-28-20-31(41)13-15-32(28)39)25-50-37-16-12-29(21-35(37)44)38(46)43-51(47,48)27(26)2/h4-6,10,12-13,15-16,18-21,26-27,30,33,36,38,43,45-46H,7-9,11,14,17,22-25H2,1-3H3/b18-6+/t26-,27+,30-,33+,36-,38?,39-,40+/m0/s1. The highest BCUT2D eigenvalue weighted by atomic mass is 35.5. The molecule has 2 bridgehead atoms. The van der Waals surface area contributed by atoms with Gasteiger partial charge in [0.05, 0.1) is 34.9 Å². The van der Waals surface area contributed by atoms with Gasteiger partial charge in [-0.2, -0.15) is 4.72 Å².